The molecule has 1 fully saturated rings. The predicted molar refractivity (Wildman–Crippen MR) is 64.8 cm³/mol. The second kappa shape index (κ2) is 5.56. The normalized spacial score (nSPS) is 25.0. The first-order valence-corrected chi connectivity index (χ1v) is 6.24. The number of halogens is 3. The van der Waals surface area contributed by atoms with Crippen molar-refractivity contribution in [3.05, 3.63) is 0 Å². The van der Waals surface area contributed by atoms with Gasteiger partial charge in [0.2, 0.25) is 0 Å². The van der Waals surface area contributed by atoms with Crippen molar-refractivity contribution in [2.75, 3.05) is 20.1 Å². The Morgan fingerprint density at radius 1 is 1.26 bits per heavy atom. The summed E-state index contributed by atoms with van der Waals surface area (Å²) < 4.78 is 43.2. The summed E-state index contributed by atoms with van der Waals surface area (Å²) in [7, 11) is 1.47. The molecule has 1 saturated heterocycles. The number of rotatable bonds is 1. The highest BCUT2D eigenvalue weighted by atomic mass is 19.4. The van der Waals surface area contributed by atoms with Crippen LogP contribution in [-0.4, -0.2) is 48.9 Å². The third kappa shape index (κ3) is 4.89. The number of alkyl halides is 3. The number of hydrogen-bond donors (Lipinski definition) is 1. The molecule has 1 rings (SSSR count). The number of piperidine rings is 1. The van der Waals surface area contributed by atoms with Gasteiger partial charge in [-0.1, -0.05) is 0 Å². The molecule has 7 heteroatoms. The van der Waals surface area contributed by atoms with Crippen molar-refractivity contribution >= 4 is 6.09 Å². The van der Waals surface area contributed by atoms with E-state index in [0.717, 1.165) is 0 Å². The Balaban J connectivity index is 2.62. The van der Waals surface area contributed by atoms with Crippen LogP contribution in [0, 0.1) is 5.92 Å². The molecule has 0 bridgehead atoms. The molecule has 0 aromatic heterocycles. The summed E-state index contributed by atoms with van der Waals surface area (Å²) in [5.74, 6) is -1.42. The predicted octanol–water partition coefficient (Wildman–Crippen LogP) is 2.39. The van der Waals surface area contributed by atoms with Gasteiger partial charge in [-0.05, 0) is 27.2 Å². The number of nitrogens with one attached hydrogen (secondary N) is 1. The van der Waals surface area contributed by atoms with Crippen LogP contribution in [-0.2, 0) is 4.74 Å². The van der Waals surface area contributed by atoms with E-state index in [1.54, 1.807) is 20.8 Å². The lowest BCUT2D eigenvalue weighted by Gasteiger charge is -2.37. The highest BCUT2D eigenvalue weighted by molar-refractivity contribution is 5.68. The molecule has 2 atom stereocenters. The van der Waals surface area contributed by atoms with Crippen LogP contribution in [0.1, 0.15) is 27.2 Å². The monoisotopic (exact) mass is 282 g/mol. The number of ether oxygens (including phenoxy) is 1. The Kier molecular flexibility index (Phi) is 4.71. The lowest BCUT2D eigenvalue weighted by atomic mass is 9.94. The quantitative estimate of drug-likeness (QED) is 0.803. The maximum Gasteiger partial charge on any atom is 0.410 e. The maximum absolute atomic E-state index is 12.7. The third-order valence-electron chi connectivity index (χ3n) is 3.02. The molecule has 0 spiro atoms. The first-order chi connectivity index (χ1) is 8.50. The summed E-state index contributed by atoms with van der Waals surface area (Å²) in [4.78, 5) is 13.1. The second-order valence-electron chi connectivity index (χ2n) is 5.88. The van der Waals surface area contributed by atoms with Crippen molar-refractivity contribution in [2.45, 2.75) is 45.0 Å². The number of hydrogen-bond acceptors (Lipinski definition) is 3. The van der Waals surface area contributed by atoms with Crippen LogP contribution in [0.4, 0.5) is 18.0 Å². The van der Waals surface area contributed by atoms with Gasteiger partial charge in [0.15, 0.2) is 0 Å². The summed E-state index contributed by atoms with van der Waals surface area (Å²) in [5, 5.41) is 2.72. The molecular weight excluding hydrogens is 261 g/mol. The van der Waals surface area contributed by atoms with Gasteiger partial charge in [0, 0.05) is 26.2 Å². The maximum atomic E-state index is 12.7. The molecule has 0 aromatic rings. The summed E-state index contributed by atoms with van der Waals surface area (Å²) in [6.07, 6.45) is -4.92. The zero-order valence-electron chi connectivity index (χ0n) is 11.7. The third-order valence-corrected chi connectivity index (χ3v) is 3.02. The zero-order chi connectivity index (χ0) is 14.8. The minimum absolute atomic E-state index is 0.0910. The molecule has 1 aliphatic heterocycles. The molecule has 19 heavy (non-hydrogen) atoms. The van der Waals surface area contributed by atoms with Crippen molar-refractivity contribution in [1.82, 2.24) is 10.2 Å². The van der Waals surface area contributed by atoms with Gasteiger partial charge in [-0.2, -0.15) is 13.2 Å². The Hall–Kier alpha value is -0.980. The van der Waals surface area contributed by atoms with Crippen molar-refractivity contribution in [1.29, 1.82) is 0 Å². The van der Waals surface area contributed by atoms with Gasteiger partial charge >= 0.3 is 12.3 Å². The fourth-order valence-electron chi connectivity index (χ4n) is 1.95. The standard InChI is InChI=1S/C12H21F3N2O2/c1-11(2,3)19-10(18)17(4)9-5-8(6-16-7-9)12(13,14)15/h8-9,16H,5-7H2,1-4H3/t8-,9-/m1/s1. The largest absolute Gasteiger partial charge is 0.444 e. The van der Waals surface area contributed by atoms with E-state index in [2.05, 4.69) is 5.32 Å². The Morgan fingerprint density at radius 3 is 2.32 bits per heavy atom. The molecule has 1 aliphatic rings. The Morgan fingerprint density at radius 2 is 1.84 bits per heavy atom. The number of carbonyl (C=O) groups is 1. The lowest BCUT2D eigenvalue weighted by Crippen LogP contribution is -2.53. The number of amides is 1. The molecule has 0 saturated carbocycles. The van der Waals surface area contributed by atoms with Crippen LogP contribution in [0.3, 0.4) is 0 Å². The Bertz CT molecular complexity index is 326. The van der Waals surface area contributed by atoms with Gasteiger partial charge < -0.3 is 15.0 Å². The SMILES string of the molecule is CN(C(=O)OC(C)(C)C)[C@H]1CNC[C@H](C(F)(F)F)C1. The number of carbonyl (C=O) groups excluding carboxylic acids is 1. The summed E-state index contributed by atoms with van der Waals surface area (Å²) >= 11 is 0. The molecule has 1 N–H and O–H groups in total. The van der Waals surface area contributed by atoms with Gasteiger partial charge in [-0.15, -0.1) is 0 Å². The zero-order valence-corrected chi connectivity index (χ0v) is 11.7. The molecule has 1 amide bonds. The first-order valence-electron chi connectivity index (χ1n) is 6.24. The number of likely N-dealkylation sites (N-methyl/N-ethyl adjacent to an activating group) is 1. The van der Waals surface area contributed by atoms with Crippen molar-refractivity contribution in [3.8, 4) is 0 Å². The van der Waals surface area contributed by atoms with Crippen molar-refractivity contribution in [2.24, 2.45) is 5.92 Å². The smallest absolute Gasteiger partial charge is 0.410 e. The first kappa shape index (κ1) is 16.1. The second-order valence-corrected chi connectivity index (χ2v) is 5.88. The molecule has 112 valence electrons. The van der Waals surface area contributed by atoms with E-state index in [9.17, 15) is 18.0 Å². The molecule has 0 unspecified atom stereocenters. The topological polar surface area (TPSA) is 41.6 Å². The molecule has 0 aromatic carbocycles. The summed E-state index contributed by atoms with van der Waals surface area (Å²) in [5.41, 5.74) is -0.656. The average molecular weight is 282 g/mol. The van der Waals surface area contributed by atoms with Crippen LogP contribution >= 0.6 is 0 Å². The van der Waals surface area contributed by atoms with E-state index >= 15 is 0 Å². The van der Waals surface area contributed by atoms with E-state index in [4.69, 9.17) is 4.74 Å². The van der Waals surface area contributed by atoms with Crippen LogP contribution in [0.5, 0.6) is 0 Å². The van der Waals surface area contributed by atoms with Gasteiger partial charge in [-0.25, -0.2) is 4.79 Å². The van der Waals surface area contributed by atoms with Gasteiger partial charge in [0.25, 0.3) is 0 Å². The lowest BCUT2D eigenvalue weighted by molar-refractivity contribution is -0.182. The van der Waals surface area contributed by atoms with Crippen LogP contribution in [0.15, 0.2) is 0 Å². The highest BCUT2D eigenvalue weighted by Gasteiger charge is 2.43. The van der Waals surface area contributed by atoms with Crippen LogP contribution in [0.25, 0.3) is 0 Å². The summed E-state index contributed by atoms with van der Waals surface area (Å²) in [6.45, 7) is 5.41. The summed E-state index contributed by atoms with van der Waals surface area (Å²) in [6, 6.07) is -0.504. The molecular formula is C12H21F3N2O2. The number of nitrogens with zero attached hydrogens (tertiary/aromatic N) is 1. The molecule has 0 aliphatic carbocycles. The molecule has 1 heterocycles. The van der Waals surface area contributed by atoms with E-state index in [1.807, 2.05) is 0 Å². The van der Waals surface area contributed by atoms with Crippen LogP contribution < -0.4 is 5.32 Å². The molecule has 0 radical (unpaired) electrons. The Labute approximate surface area is 111 Å². The van der Waals surface area contributed by atoms with E-state index in [0.29, 0.717) is 6.54 Å². The van der Waals surface area contributed by atoms with Crippen LogP contribution in [0.2, 0.25) is 0 Å². The molecule has 4 nitrogen and oxygen atoms in total. The highest BCUT2D eigenvalue weighted by Crippen LogP contribution is 2.32. The average Bonchev–Trinajstić information content (AvgIpc) is 2.24. The van der Waals surface area contributed by atoms with Crippen molar-refractivity contribution in [3.63, 3.8) is 0 Å². The van der Waals surface area contributed by atoms with E-state index in [1.165, 1.54) is 11.9 Å². The fraction of sp³-hybridized carbons (Fsp3) is 0.917. The minimum Gasteiger partial charge on any atom is -0.444 e. The van der Waals surface area contributed by atoms with E-state index < -0.39 is 29.8 Å². The van der Waals surface area contributed by atoms with E-state index in [-0.39, 0.29) is 13.0 Å². The minimum atomic E-state index is -4.24. The van der Waals surface area contributed by atoms with Gasteiger partial charge in [0.05, 0.1) is 5.92 Å². The fourth-order valence-corrected chi connectivity index (χ4v) is 1.95. The van der Waals surface area contributed by atoms with Gasteiger partial charge in [0.1, 0.15) is 5.60 Å². The van der Waals surface area contributed by atoms with Gasteiger partial charge in [-0.3, -0.25) is 0 Å². The van der Waals surface area contributed by atoms with Crippen molar-refractivity contribution < 1.29 is 22.7 Å².